The molecule has 31 heavy (non-hydrogen) atoms. The Kier molecular flexibility index (Phi) is 7.87. The van der Waals surface area contributed by atoms with Crippen LogP contribution in [-0.4, -0.2) is 83.0 Å². The first kappa shape index (κ1) is 24.9. The second-order valence-electron chi connectivity index (χ2n) is 6.98. The molecule has 1 unspecified atom stereocenters. The van der Waals surface area contributed by atoms with Gasteiger partial charge in [-0.2, -0.15) is 35.5 Å². The van der Waals surface area contributed by atoms with Crippen LogP contribution in [0.5, 0.6) is 0 Å². The highest BCUT2D eigenvalue weighted by Crippen LogP contribution is 2.35. The molecule has 1 atom stereocenters. The van der Waals surface area contributed by atoms with Crippen molar-refractivity contribution in [2.45, 2.75) is 12.2 Å². The number of benzene rings is 1. The number of nitrogens with one attached hydrogen (secondary N) is 1. The lowest BCUT2D eigenvalue weighted by atomic mass is 10.0. The number of alkyl halides is 3. The number of amides is 1. The molecule has 2 rings (SSSR count). The van der Waals surface area contributed by atoms with E-state index >= 15 is 0 Å². The molecule has 9 nitrogen and oxygen atoms in total. The van der Waals surface area contributed by atoms with E-state index in [4.69, 9.17) is 10.00 Å². The fourth-order valence-electron chi connectivity index (χ4n) is 3.17. The average Bonchev–Trinajstić information content (AvgIpc) is 2.72. The number of nitrogens with zero attached hydrogens (tertiary/aromatic N) is 4. The molecule has 1 saturated heterocycles. The van der Waals surface area contributed by atoms with Gasteiger partial charge < -0.3 is 15.0 Å². The highest BCUT2D eigenvalue weighted by molar-refractivity contribution is 7.86. The molecule has 1 fully saturated rings. The van der Waals surface area contributed by atoms with Gasteiger partial charge in [-0.05, 0) is 18.2 Å². The molecular weight excluding hydrogens is 439 g/mol. The van der Waals surface area contributed by atoms with Crippen molar-refractivity contribution < 1.29 is 31.1 Å². The molecular formula is C18H24F3N5O4S. The molecule has 1 amide bonds. The number of halogens is 3. The van der Waals surface area contributed by atoms with E-state index in [2.05, 4.69) is 5.32 Å². The van der Waals surface area contributed by atoms with Gasteiger partial charge in [0.1, 0.15) is 6.04 Å². The summed E-state index contributed by atoms with van der Waals surface area (Å²) in [6.07, 6.45) is -4.76. The number of nitriles is 1. The van der Waals surface area contributed by atoms with E-state index in [0.29, 0.717) is 0 Å². The van der Waals surface area contributed by atoms with Crippen molar-refractivity contribution >= 4 is 21.8 Å². The molecule has 0 aromatic heterocycles. The molecule has 0 radical (unpaired) electrons. The number of methoxy groups -OCH3 is 1. The smallest absolute Gasteiger partial charge is 0.383 e. The quantitative estimate of drug-likeness (QED) is 0.595. The normalized spacial score (nSPS) is 18.1. The third kappa shape index (κ3) is 5.65. The topological polar surface area (TPSA) is 106 Å². The maximum atomic E-state index is 13.4. The number of carbonyl (C=O) groups excluding carboxylic acids is 1. The third-order valence-electron chi connectivity index (χ3n) is 4.80. The van der Waals surface area contributed by atoms with Crippen LogP contribution in [0.1, 0.15) is 11.1 Å². The van der Waals surface area contributed by atoms with Gasteiger partial charge in [0.2, 0.25) is 5.91 Å². The van der Waals surface area contributed by atoms with E-state index in [1.165, 1.54) is 38.2 Å². The fourth-order valence-corrected chi connectivity index (χ4v) is 4.27. The van der Waals surface area contributed by atoms with Crippen LogP contribution in [0, 0.1) is 11.3 Å². The molecule has 0 spiro atoms. The van der Waals surface area contributed by atoms with Gasteiger partial charge in [0, 0.05) is 53.1 Å². The number of piperazine rings is 1. The Hall–Kier alpha value is -2.40. The number of hydrogen-bond donors (Lipinski definition) is 1. The maximum Gasteiger partial charge on any atom is 0.417 e. The Morgan fingerprint density at radius 1 is 1.35 bits per heavy atom. The maximum absolute atomic E-state index is 13.4. The number of anilines is 1. The summed E-state index contributed by atoms with van der Waals surface area (Å²) >= 11 is 0. The lowest BCUT2D eigenvalue weighted by molar-refractivity contribution is -0.137. The van der Waals surface area contributed by atoms with E-state index < -0.39 is 39.5 Å². The van der Waals surface area contributed by atoms with Gasteiger partial charge in [0.05, 0.1) is 23.8 Å². The monoisotopic (exact) mass is 463 g/mol. The highest BCUT2D eigenvalue weighted by Gasteiger charge is 2.40. The first-order valence-electron chi connectivity index (χ1n) is 9.25. The summed E-state index contributed by atoms with van der Waals surface area (Å²) in [5.74, 6) is -0.548. The van der Waals surface area contributed by atoms with Crippen molar-refractivity contribution in [3.63, 3.8) is 0 Å². The number of ether oxygens (including phenoxy) is 1. The van der Waals surface area contributed by atoms with Gasteiger partial charge >= 0.3 is 6.18 Å². The van der Waals surface area contributed by atoms with Crippen molar-refractivity contribution in [1.29, 1.82) is 5.26 Å². The van der Waals surface area contributed by atoms with Crippen LogP contribution >= 0.6 is 0 Å². The SMILES string of the molecule is COCCNC(=O)C1CN(S(=O)(=O)N(C)C)CCN1c1ccc(C#N)c(C(F)(F)F)c1. The highest BCUT2D eigenvalue weighted by atomic mass is 32.2. The summed E-state index contributed by atoms with van der Waals surface area (Å²) < 4.78 is 72.2. The third-order valence-corrected chi connectivity index (χ3v) is 6.71. The zero-order chi connectivity index (χ0) is 23.4. The predicted molar refractivity (Wildman–Crippen MR) is 106 cm³/mol. The minimum Gasteiger partial charge on any atom is -0.383 e. The molecule has 1 N–H and O–H groups in total. The fraction of sp³-hybridized carbons (Fsp3) is 0.556. The summed E-state index contributed by atoms with van der Waals surface area (Å²) in [5, 5.41) is 11.6. The largest absolute Gasteiger partial charge is 0.417 e. The molecule has 13 heteroatoms. The molecule has 1 aliphatic rings. The van der Waals surface area contributed by atoms with Crippen molar-refractivity contribution in [3.8, 4) is 6.07 Å². The number of rotatable bonds is 7. The Morgan fingerprint density at radius 3 is 2.58 bits per heavy atom. The first-order chi connectivity index (χ1) is 14.4. The molecule has 1 heterocycles. The lowest BCUT2D eigenvalue weighted by Crippen LogP contribution is -2.61. The summed E-state index contributed by atoms with van der Waals surface area (Å²) in [6.45, 7) is 0.0809. The molecule has 0 saturated carbocycles. The van der Waals surface area contributed by atoms with E-state index in [-0.39, 0.29) is 38.5 Å². The lowest BCUT2D eigenvalue weighted by Gasteiger charge is -2.42. The van der Waals surface area contributed by atoms with Gasteiger partial charge in [0.25, 0.3) is 10.2 Å². The summed E-state index contributed by atoms with van der Waals surface area (Å²) in [5.41, 5.74) is -1.58. The number of carbonyl (C=O) groups is 1. The average molecular weight is 463 g/mol. The summed E-state index contributed by atoms with van der Waals surface area (Å²) in [7, 11) is 0.323. The molecule has 0 aliphatic carbocycles. The molecule has 1 aromatic rings. The Morgan fingerprint density at radius 2 is 2.03 bits per heavy atom. The van der Waals surface area contributed by atoms with Crippen LogP contribution in [0.3, 0.4) is 0 Å². The van der Waals surface area contributed by atoms with Gasteiger partial charge in [-0.25, -0.2) is 0 Å². The van der Waals surface area contributed by atoms with Crippen LogP contribution in [-0.2, 0) is 25.9 Å². The second-order valence-corrected chi connectivity index (χ2v) is 9.12. The zero-order valence-corrected chi connectivity index (χ0v) is 18.1. The minimum absolute atomic E-state index is 0.0152. The Balaban J connectivity index is 2.43. The van der Waals surface area contributed by atoms with Crippen LogP contribution in [0.15, 0.2) is 18.2 Å². The van der Waals surface area contributed by atoms with E-state index in [0.717, 1.165) is 20.7 Å². The van der Waals surface area contributed by atoms with Crippen molar-refractivity contribution in [2.24, 2.45) is 0 Å². The van der Waals surface area contributed by atoms with Crippen molar-refractivity contribution in [2.75, 3.05) is 58.9 Å². The second kappa shape index (κ2) is 9.82. The van der Waals surface area contributed by atoms with Crippen LogP contribution in [0.2, 0.25) is 0 Å². The molecule has 0 bridgehead atoms. The van der Waals surface area contributed by atoms with Crippen molar-refractivity contribution in [3.05, 3.63) is 29.3 Å². The predicted octanol–water partition coefficient (Wildman–Crippen LogP) is 0.637. The van der Waals surface area contributed by atoms with Crippen LogP contribution in [0.25, 0.3) is 0 Å². The van der Waals surface area contributed by atoms with Crippen LogP contribution in [0.4, 0.5) is 18.9 Å². The molecule has 1 aliphatic heterocycles. The van der Waals surface area contributed by atoms with E-state index in [1.807, 2.05) is 0 Å². The molecule has 172 valence electrons. The standard InChI is InChI=1S/C18H24F3N5O4S/c1-24(2)31(28,29)25-7-8-26(16(12-25)17(27)23-6-9-30-3)14-5-4-13(11-22)15(10-14)18(19,20)21/h4-5,10,16H,6-9,12H2,1-3H3,(H,23,27). The van der Waals surface area contributed by atoms with Gasteiger partial charge in [-0.1, -0.05) is 0 Å². The summed E-state index contributed by atoms with van der Waals surface area (Å²) in [4.78, 5) is 14.2. The van der Waals surface area contributed by atoms with Gasteiger partial charge in [-0.15, -0.1) is 0 Å². The van der Waals surface area contributed by atoms with Gasteiger partial charge in [0.15, 0.2) is 0 Å². The Bertz CT molecular complexity index is 946. The molecule has 1 aromatic carbocycles. The zero-order valence-electron chi connectivity index (χ0n) is 17.3. The minimum atomic E-state index is -4.76. The number of hydrogen-bond acceptors (Lipinski definition) is 6. The Labute approximate surface area is 179 Å². The first-order valence-corrected chi connectivity index (χ1v) is 10.7. The van der Waals surface area contributed by atoms with E-state index in [1.54, 1.807) is 0 Å². The summed E-state index contributed by atoms with van der Waals surface area (Å²) in [6, 6.07) is 3.61. The van der Waals surface area contributed by atoms with Crippen LogP contribution < -0.4 is 10.2 Å². The van der Waals surface area contributed by atoms with Crippen molar-refractivity contribution in [1.82, 2.24) is 13.9 Å². The van der Waals surface area contributed by atoms with E-state index in [9.17, 15) is 26.4 Å². The van der Waals surface area contributed by atoms with Gasteiger partial charge in [-0.3, -0.25) is 4.79 Å².